The summed E-state index contributed by atoms with van der Waals surface area (Å²) in [7, 11) is 1.51. The number of thioether (sulfide) groups is 1. The molecule has 2 aromatic heterocycles. The number of H-pyrrole nitrogens is 1. The summed E-state index contributed by atoms with van der Waals surface area (Å²) in [5.41, 5.74) is 0.986. The zero-order chi connectivity index (χ0) is 24.2. The van der Waals surface area contributed by atoms with Crippen LogP contribution in [0.15, 0.2) is 69.1 Å². The largest absolute Gasteiger partial charge is 0.496 e. The molecule has 12 heteroatoms. The molecule has 0 aliphatic heterocycles. The second-order valence-electron chi connectivity index (χ2n) is 6.74. The molecular weight excluding hydrogens is 484 g/mol. The summed E-state index contributed by atoms with van der Waals surface area (Å²) in [4.78, 5) is 26.6. The first-order valence-electron chi connectivity index (χ1n) is 9.58. The number of aromatic nitrogens is 3. The summed E-state index contributed by atoms with van der Waals surface area (Å²) in [6.07, 6.45) is 1.32. The summed E-state index contributed by atoms with van der Waals surface area (Å²) in [6.45, 7) is 0. The molecule has 0 aliphatic carbocycles. The predicted octanol–water partition coefficient (Wildman–Crippen LogP) is 5.52. The fourth-order valence-corrected chi connectivity index (χ4v) is 3.86. The number of carboxylic acid groups (broad SMARTS) is 1. The molecule has 0 radical (unpaired) electrons. The van der Waals surface area contributed by atoms with Gasteiger partial charge >= 0.3 is 5.97 Å². The Bertz CT molecular complexity index is 1410. The first-order valence-corrected chi connectivity index (χ1v) is 10.8. The van der Waals surface area contributed by atoms with E-state index in [4.69, 9.17) is 20.8 Å². The van der Waals surface area contributed by atoms with E-state index in [9.17, 15) is 20.0 Å². The Hall–Kier alpha value is -4.09. The third-order valence-corrected chi connectivity index (χ3v) is 5.65. The van der Waals surface area contributed by atoms with Gasteiger partial charge in [0, 0.05) is 28.8 Å². The van der Waals surface area contributed by atoms with Crippen LogP contribution in [0.2, 0.25) is 5.02 Å². The molecule has 2 heterocycles. The van der Waals surface area contributed by atoms with Crippen molar-refractivity contribution in [2.75, 3.05) is 7.11 Å². The third kappa shape index (κ3) is 5.11. The molecule has 0 unspecified atom stereocenters. The summed E-state index contributed by atoms with van der Waals surface area (Å²) >= 11 is 6.88. The molecule has 10 nitrogen and oxygen atoms in total. The molecule has 34 heavy (non-hydrogen) atoms. The highest BCUT2D eigenvalue weighted by atomic mass is 35.5. The number of methoxy groups -OCH3 is 1. The number of furan rings is 1. The fraction of sp³-hybridized carbons (Fsp3) is 0.0455. The Morgan fingerprint density at radius 1 is 1.26 bits per heavy atom. The van der Waals surface area contributed by atoms with E-state index in [2.05, 4.69) is 15.2 Å². The molecule has 0 atom stereocenters. The fourth-order valence-electron chi connectivity index (χ4n) is 3.00. The first kappa shape index (κ1) is 23.1. The van der Waals surface area contributed by atoms with Crippen LogP contribution in [-0.2, 0) is 4.79 Å². The van der Waals surface area contributed by atoms with Crippen LogP contribution < -0.4 is 4.74 Å². The Labute approximate surface area is 201 Å². The maximum absolute atomic E-state index is 11.8. The normalized spacial score (nSPS) is 11.4. The second-order valence-corrected chi connectivity index (χ2v) is 8.18. The number of non-ortho nitro benzene ring substituents is 1. The number of nitro benzene ring substituents is 1. The highest BCUT2D eigenvalue weighted by Crippen LogP contribution is 2.33. The smallest absolute Gasteiger partial charge is 0.342 e. The molecule has 0 spiro atoms. The SMILES string of the molecule is COc1ccc(Cl)cc1-c1nc(S/C(=C\c2ccc(-c3cccc([N+](=O)[O-])c3)o2)C(=O)O)n[nH]1. The average molecular weight is 499 g/mol. The highest BCUT2D eigenvalue weighted by Gasteiger charge is 2.17. The van der Waals surface area contributed by atoms with Crippen LogP contribution >= 0.6 is 23.4 Å². The molecule has 4 aromatic rings. The molecule has 4 rings (SSSR count). The molecule has 2 aromatic carbocycles. The lowest BCUT2D eigenvalue weighted by atomic mass is 10.1. The van der Waals surface area contributed by atoms with Gasteiger partial charge in [-0.15, -0.1) is 5.10 Å². The van der Waals surface area contributed by atoms with Crippen molar-refractivity contribution in [3.63, 3.8) is 0 Å². The van der Waals surface area contributed by atoms with Crippen molar-refractivity contribution < 1.29 is 24.0 Å². The van der Waals surface area contributed by atoms with Crippen molar-refractivity contribution in [1.82, 2.24) is 15.2 Å². The van der Waals surface area contributed by atoms with Crippen LogP contribution in [-0.4, -0.2) is 38.3 Å². The number of nitrogens with one attached hydrogen (secondary N) is 1. The Kier molecular flexibility index (Phi) is 6.66. The lowest BCUT2D eigenvalue weighted by molar-refractivity contribution is -0.384. The number of hydrogen-bond donors (Lipinski definition) is 2. The molecule has 172 valence electrons. The predicted molar refractivity (Wildman–Crippen MR) is 126 cm³/mol. The maximum Gasteiger partial charge on any atom is 0.342 e. The number of carboxylic acids is 1. The number of aliphatic carboxylic acids is 1. The van der Waals surface area contributed by atoms with Crippen molar-refractivity contribution in [2.45, 2.75) is 5.16 Å². The van der Waals surface area contributed by atoms with E-state index in [1.165, 1.54) is 25.3 Å². The van der Waals surface area contributed by atoms with Crippen molar-refractivity contribution in [2.24, 2.45) is 0 Å². The van der Waals surface area contributed by atoms with E-state index in [0.717, 1.165) is 11.8 Å². The van der Waals surface area contributed by atoms with Crippen molar-refractivity contribution in [3.8, 4) is 28.5 Å². The van der Waals surface area contributed by atoms with Crippen molar-refractivity contribution in [1.29, 1.82) is 0 Å². The number of ether oxygens (including phenoxy) is 1. The summed E-state index contributed by atoms with van der Waals surface area (Å²) in [6, 6.07) is 14.1. The lowest BCUT2D eigenvalue weighted by Gasteiger charge is -2.05. The second kappa shape index (κ2) is 9.81. The van der Waals surface area contributed by atoms with Crippen LogP contribution in [0.5, 0.6) is 5.75 Å². The van der Waals surface area contributed by atoms with Gasteiger partial charge in [-0.2, -0.15) is 0 Å². The number of halogens is 1. The van der Waals surface area contributed by atoms with Gasteiger partial charge in [0.25, 0.3) is 5.69 Å². The third-order valence-electron chi connectivity index (χ3n) is 4.54. The van der Waals surface area contributed by atoms with Crippen LogP contribution in [0.1, 0.15) is 5.76 Å². The average Bonchev–Trinajstić information content (AvgIpc) is 3.48. The first-order chi connectivity index (χ1) is 16.3. The summed E-state index contributed by atoms with van der Waals surface area (Å²) in [5, 5.41) is 28.1. The quantitative estimate of drug-likeness (QED) is 0.139. The van der Waals surface area contributed by atoms with Gasteiger partial charge in [-0.25, -0.2) is 9.78 Å². The highest BCUT2D eigenvalue weighted by molar-refractivity contribution is 8.04. The molecule has 0 saturated carbocycles. The van der Waals surface area contributed by atoms with Gasteiger partial charge in [0.2, 0.25) is 5.16 Å². The van der Waals surface area contributed by atoms with E-state index in [-0.39, 0.29) is 21.5 Å². The minimum absolute atomic E-state index is 0.0792. The Balaban J connectivity index is 1.58. The molecule has 0 saturated heterocycles. The molecule has 2 N–H and O–H groups in total. The van der Waals surface area contributed by atoms with Gasteiger partial charge in [0.15, 0.2) is 5.82 Å². The van der Waals surface area contributed by atoms with Crippen molar-refractivity contribution >= 4 is 41.1 Å². The molecule has 0 aliphatic rings. The summed E-state index contributed by atoms with van der Waals surface area (Å²) in [5.74, 6) is 0.287. The standard InChI is InChI=1S/C22H15ClN4O6S/c1-32-18-7-5-13(23)10-16(18)20-24-22(26-25-20)34-19(21(28)29)11-15-6-8-17(33-15)12-3-2-4-14(9-12)27(30)31/h2-11H,1H3,(H,28,29)(H,24,25,26)/b19-11-. The molecular formula is C22H15ClN4O6S. The molecule has 0 bridgehead atoms. The van der Waals surface area contributed by atoms with Gasteiger partial charge < -0.3 is 14.3 Å². The zero-order valence-electron chi connectivity index (χ0n) is 17.4. The van der Waals surface area contributed by atoms with Gasteiger partial charge in [-0.3, -0.25) is 15.2 Å². The minimum Gasteiger partial charge on any atom is -0.496 e. The van der Waals surface area contributed by atoms with Gasteiger partial charge in [0.1, 0.15) is 22.2 Å². The number of rotatable bonds is 8. The Morgan fingerprint density at radius 3 is 2.82 bits per heavy atom. The molecule has 0 amide bonds. The molecule has 0 fully saturated rings. The van der Waals surface area contributed by atoms with E-state index >= 15 is 0 Å². The number of aromatic amines is 1. The van der Waals surface area contributed by atoms with Gasteiger partial charge in [-0.05, 0) is 42.1 Å². The van der Waals surface area contributed by atoms with E-state index in [1.807, 2.05) is 0 Å². The van der Waals surface area contributed by atoms with Crippen LogP contribution in [0.4, 0.5) is 5.69 Å². The number of nitro groups is 1. The number of nitrogens with zero attached hydrogens (tertiary/aromatic N) is 3. The van der Waals surface area contributed by atoms with E-state index < -0.39 is 10.9 Å². The number of carbonyl (C=O) groups is 1. The lowest BCUT2D eigenvalue weighted by Crippen LogP contribution is -1.97. The number of benzene rings is 2. The minimum atomic E-state index is -1.20. The number of hydrogen-bond acceptors (Lipinski definition) is 8. The monoisotopic (exact) mass is 498 g/mol. The van der Waals surface area contributed by atoms with Crippen molar-refractivity contribution in [3.05, 3.63) is 80.4 Å². The van der Waals surface area contributed by atoms with Gasteiger partial charge in [-0.1, -0.05) is 23.7 Å². The topological polar surface area (TPSA) is 144 Å². The van der Waals surface area contributed by atoms with Crippen LogP contribution in [0, 0.1) is 10.1 Å². The maximum atomic E-state index is 11.8. The Morgan fingerprint density at radius 2 is 2.09 bits per heavy atom. The van der Waals surface area contributed by atoms with E-state index in [0.29, 0.717) is 33.5 Å². The van der Waals surface area contributed by atoms with Crippen LogP contribution in [0.25, 0.3) is 28.8 Å². The van der Waals surface area contributed by atoms with E-state index in [1.54, 1.807) is 42.5 Å². The zero-order valence-corrected chi connectivity index (χ0v) is 19.0. The summed E-state index contributed by atoms with van der Waals surface area (Å²) < 4.78 is 11.0. The van der Waals surface area contributed by atoms with Crippen LogP contribution in [0.3, 0.4) is 0 Å². The van der Waals surface area contributed by atoms with Gasteiger partial charge in [0.05, 0.1) is 17.6 Å².